The lowest BCUT2D eigenvalue weighted by Gasteiger charge is -2.36. The number of rotatable bonds is 8. The van der Waals surface area contributed by atoms with E-state index in [2.05, 4.69) is 39.0 Å². The van der Waals surface area contributed by atoms with Gasteiger partial charge in [-0.3, -0.25) is 4.90 Å². The van der Waals surface area contributed by atoms with Gasteiger partial charge >= 0.3 is 6.18 Å². The smallest absolute Gasteiger partial charge is 0.416 e. The number of halogens is 3. The van der Waals surface area contributed by atoms with Crippen LogP contribution in [-0.2, 0) is 6.18 Å². The van der Waals surface area contributed by atoms with Crippen LogP contribution < -0.4 is 15.8 Å². The molecule has 2 aromatic heterocycles. The third-order valence-corrected chi connectivity index (χ3v) is 6.97. The molecule has 1 unspecified atom stereocenters. The summed E-state index contributed by atoms with van der Waals surface area (Å²) < 4.78 is 45.7. The number of hydrogen-bond acceptors (Lipinski definition) is 7. The number of alkyl halides is 3. The van der Waals surface area contributed by atoms with Crippen LogP contribution in [0.25, 0.3) is 22.2 Å². The van der Waals surface area contributed by atoms with Crippen LogP contribution in [0, 0.1) is 5.92 Å². The zero-order valence-corrected chi connectivity index (χ0v) is 22.6. The summed E-state index contributed by atoms with van der Waals surface area (Å²) in [6.07, 6.45) is -0.995. The van der Waals surface area contributed by atoms with E-state index in [9.17, 15) is 13.2 Å². The van der Waals surface area contributed by atoms with E-state index in [1.165, 1.54) is 25.0 Å². The summed E-state index contributed by atoms with van der Waals surface area (Å²) in [5.74, 6) is 1.96. The van der Waals surface area contributed by atoms with Gasteiger partial charge in [-0.05, 0) is 55.6 Å². The lowest BCUT2D eigenvalue weighted by Crippen LogP contribution is -2.45. The second kappa shape index (κ2) is 11.7. The van der Waals surface area contributed by atoms with E-state index in [0.29, 0.717) is 52.8 Å². The van der Waals surface area contributed by atoms with Gasteiger partial charge in [-0.25, -0.2) is 9.97 Å². The van der Waals surface area contributed by atoms with E-state index in [1.807, 2.05) is 18.2 Å². The first kappa shape index (κ1) is 27.6. The van der Waals surface area contributed by atoms with Gasteiger partial charge in [-0.1, -0.05) is 44.5 Å². The molecule has 40 heavy (non-hydrogen) atoms. The Morgan fingerprint density at radius 3 is 2.58 bits per heavy atom. The fourth-order valence-corrected chi connectivity index (χ4v) is 5.07. The molecule has 2 aromatic carbocycles. The van der Waals surface area contributed by atoms with E-state index in [4.69, 9.17) is 10.5 Å². The predicted molar refractivity (Wildman–Crippen MR) is 151 cm³/mol. The lowest BCUT2D eigenvalue weighted by molar-refractivity contribution is -0.137. The summed E-state index contributed by atoms with van der Waals surface area (Å²) in [4.78, 5) is 16.2. The van der Waals surface area contributed by atoms with Crippen LogP contribution in [-0.4, -0.2) is 45.5 Å². The molecule has 0 spiro atoms. The minimum Gasteiger partial charge on any atom is -0.437 e. The molecule has 1 fully saturated rings. The Balaban J connectivity index is 1.47. The fourth-order valence-electron chi connectivity index (χ4n) is 5.07. The molecule has 0 bridgehead atoms. The Labute approximate surface area is 231 Å². The van der Waals surface area contributed by atoms with Gasteiger partial charge in [-0.2, -0.15) is 18.2 Å². The Morgan fingerprint density at radius 1 is 1.02 bits per heavy atom. The van der Waals surface area contributed by atoms with Crippen molar-refractivity contribution in [1.82, 2.24) is 19.9 Å². The Morgan fingerprint density at radius 2 is 1.82 bits per heavy atom. The van der Waals surface area contributed by atoms with Crippen molar-refractivity contribution >= 4 is 22.7 Å². The van der Waals surface area contributed by atoms with Crippen LogP contribution in [0.1, 0.15) is 38.7 Å². The number of aromatic nitrogens is 3. The van der Waals surface area contributed by atoms with Crippen LogP contribution in [0.3, 0.4) is 0 Å². The highest BCUT2D eigenvalue weighted by Crippen LogP contribution is 2.33. The Bertz CT molecular complexity index is 1460. The van der Waals surface area contributed by atoms with Crippen molar-refractivity contribution in [2.75, 3.05) is 30.7 Å². The average molecular weight is 551 g/mol. The number of nitrogen functional groups attached to an aromatic ring is 1. The summed E-state index contributed by atoms with van der Waals surface area (Å²) in [5, 5.41) is 4.23. The van der Waals surface area contributed by atoms with E-state index in [0.717, 1.165) is 37.0 Å². The summed E-state index contributed by atoms with van der Waals surface area (Å²) >= 11 is 0. The molecule has 1 aliphatic heterocycles. The zero-order valence-electron chi connectivity index (χ0n) is 22.6. The topological polar surface area (TPSA) is 89.2 Å². The number of piperidine rings is 1. The molecule has 1 atom stereocenters. The number of nitrogens with one attached hydrogen (secondary N) is 1. The maximum Gasteiger partial charge on any atom is 0.416 e. The second-order valence-electron chi connectivity index (χ2n) is 10.6. The van der Waals surface area contributed by atoms with Crippen molar-refractivity contribution in [3.8, 4) is 22.9 Å². The normalized spacial score (nSPS) is 16.4. The molecule has 1 saturated heterocycles. The van der Waals surface area contributed by atoms with Crippen LogP contribution in [0.15, 0.2) is 60.7 Å². The molecule has 1 aliphatic rings. The molecule has 0 saturated carbocycles. The minimum atomic E-state index is -4.42. The molecule has 3 heterocycles. The second-order valence-corrected chi connectivity index (χ2v) is 10.6. The van der Waals surface area contributed by atoms with Gasteiger partial charge in [0.05, 0.1) is 11.3 Å². The largest absolute Gasteiger partial charge is 0.437 e. The van der Waals surface area contributed by atoms with Gasteiger partial charge < -0.3 is 15.8 Å². The number of anilines is 2. The molecule has 7 nitrogen and oxygen atoms in total. The molecular formula is C30H33F3N6O. The summed E-state index contributed by atoms with van der Waals surface area (Å²) in [6.45, 7) is 7.16. The van der Waals surface area contributed by atoms with Gasteiger partial charge in [0.1, 0.15) is 11.3 Å². The molecule has 4 aromatic rings. The van der Waals surface area contributed by atoms with Gasteiger partial charge in [-0.15, -0.1) is 0 Å². The number of fused-ring (bicyclic) bond motifs is 1. The highest BCUT2D eigenvalue weighted by atomic mass is 19.4. The lowest BCUT2D eigenvalue weighted by atomic mass is 10.0. The molecule has 3 N–H and O–H groups in total. The number of nitrogens with zero attached hydrogens (tertiary/aromatic N) is 4. The van der Waals surface area contributed by atoms with Crippen LogP contribution in [0.2, 0.25) is 0 Å². The van der Waals surface area contributed by atoms with E-state index >= 15 is 0 Å². The average Bonchev–Trinajstić information content (AvgIpc) is 2.92. The molecule has 0 amide bonds. The SMILES string of the molecule is CC(C)CN1CCCCC1CNc1nc(Oc2cccc3ccc(N)nc23)cc(-c2ccc(C(F)(F)F)cc2)n1. The fraction of sp³-hybridized carbons (Fsp3) is 0.367. The van der Waals surface area contributed by atoms with Crippen molar-refractivity contribution < 1.29 is 17.9 Å². The van der Waals surface area contributed by atoms with Crippen LogP contribution >= 0.6 is 0 Å². The van der Waals surface area contributed by atoms with Crippen molar-refractivity contribution in [2.45, 2.75) is 45.3 Å². The van der Waals surface area contributed by atoms with Crippen molar-refractivity contribution in [3.63, 3.8) is 0 Å². The van der Waals surface area contributed by atoms with E-state index in [-0.39, 0.29) is 5.88 Å². The van der Waals surface area contributed by atoms with Crippen molar-refractivity contribution in [1.29, 1.82) is 0 Å². The number of hydrogen-bond donors (Lipinski definition) is 2. The number of para-hydroxylation sites is 1. The third-order valence-electron chi connectivity index (χ3n) is 6.97. The Hall–Kier alpha value is -3.92. The number of benzene rings is 2. The van der Waals surface area contributed by atoms with Crippen molar-refractivity contribution in [3.05, 3.63) is 66.2 Å². The number of likely N-dealkylation sites (tertiary alicyclic amines) is 1. The Kier molecular flexibility index (Phi) is 8.07. The first-order valence-electron chi connectivity index (χ1n) is 13.5. The molecule has 210 valence electrons. The maximum atomic E-state index is 13.2. The summed E-state index contributed by atoms with van der Waals surface area (Å²) in [5.41, 5.74) is 6.74. The van der Waals surface area contributed by atoms with E-state index in [1.54, 1.807) is 18.2 Å². The quantitative estimate of drug-likeness (QED) is 0.244. The minimum absolute atomic E-state index is 0.242. The molecule has 0 radical (unpaired) electrons. The van der Waals surface area contributed by atoms with Crippen LogP contribution in [0.4, 0.5) is 24.9 Å². The third kappa shape index (κ3) is 6.62. The number of nitrogens with two attached hydrogens (primary N) is 1. The summed E-state index contributed by atoms with van der Waals surface area (Å²) in [7, 11) is 0. The van der Waals surface area contributed by atoms with Crippen LogP contribution in [0.5, 0.6) is 11.6 Å². The van der Waals surface area contributed by atoms with Gasteiger partial charge in [0.25, 0.3) is 0 Å². The molecule has 0 aliphatic carbocycles. The number of pyridine rings is 1. The first-order valence-corrected chi connectivity index (χ1v) is 13.5. The number of ether oxygens (including phenoxy) is 1. The van der Waals surface area contributed by atoms with Gasteiger partial charge in [0.15, 0.2) is 5.75 Å². The first-order chi connectivity index (χ1) is 19.2. The maximum absolute atomic E-state index is 13.2. The van der Waals surface area contributed by atoms with Crippen molar-refractivity contribution in [2.24, 2.45) is 5.92 Å². The molecule has 10 heteroatoms. The van der Waals surface area contributed by atoms with Gasteiger partial charge in [0.2, 0.25) is 11.8 Å². The summed E-state index contributed by atoms with van der Waals surface area (Å²) in [6, 6.07) is 16.0. The highest BCUT2D eigenvalue weighted by molar-refractivity contribution is 5.86. The standard InChI is InChI=1S/C30H33F3N6O/c1-19(2)18-39-15-4-3-7-23(39)17-35-29-36-24(20-9-12-22(13-10-20)30(31,32)33)16-27(38-29)40-25-8-5-6-21-11-14-26(34)37-28(21)25/h5-6,8-14,16,19,23H,3-4,7,15,17-18H2,1-2H3,(H2,34,37)(H,35,36,38). The van der Waals surface area contributed by atoms with Gasteiger partial charge in [0, 0.05) is 36.1 Å². The van der Waals surface area contributed by atoms with E-state index < -0.39 is 11.7 Å². The zero-order chi connectivity index (χ0) is 28.3. The monoisotopic (exact) mass is 550 g/mol. The highest BCUT2D eigenvalue weighted by Gasteiger charge is 2.30. The molecular weight excluding hydrogens is 517 g/mol. The predicted octanol–water partition coefficient (Wildman–Crippen LogP) is 7.01. The molecule has 5 rings (SSSR count).